The minimum atomic E-state index is -3.98. The molecule has 0 aromatic heterocycles. The summed E-state index contributed by atoms with van der Waals surface area (Å²) in [4.78, 5) is 12.0. The molecule has 1 amide bonds. The first kappa shape index (κ1) is 20.8. The summed E-state index contributed by atoms with van der Waals surface area (Å²) >= 11 is 0. The number of sulfone groups is 1. The highest BCUT2D eigenvalue weighted by molar-refractivity contribution is 7.92. The van der Waals surface area contributed by atoms with Gasteiger partial charge in [0.2, 0.25) is 0 Å². The molecule has 10 heteroatoms. The van der Waals surface area contributed by atoms with Crippen molar-refractivity contribution in [3.8, 4) is 0 Å². The van der Waals surface area contributed by atoms with E-state index in [0.29, 0.717) is 0 Å². The smallest absolute Gasteiger partial charge is 0.261 e. The van der Waals surface area contributed by atoms with Crippen LogP contribution in [0.4, 0.5) is 10.1 Å². The van der Waals surface area contributed by atoms with E-state index in [1.165, 1.54) is 43.3 Å². The fraction of sp³-hybridized carbons (Fsp3) is 0.235. The van der Waals surface area contributed by atoms with Crippen molar-refractivity contribution in [2.24, 2.45) is 0 Å². The molecule has 0 heterocycles. The number of carbonyl (C=O) groups excluding carboxylic acids is 1. The first-order valence-electron chi connectivity index (χ1n) is 8.00. The molecule has 0 aliphatic heterocycles. The Morgan fingerprint density at radius 2 is 1.70 bits per heavy atom. The second-order valence-electron chi connectivity index (χ2n) is 5.63. The Morgan fingerprint density at radius 1 is 1.04 bits per heavy atom. The van der Waals surface area contributed by atoms with Crippen molar-refractivity contribution in [1.82, 2.24) is 5.32 Å². The minimum Gasteiger partial charge on any atom is -0.351 e. The lowest BCUT2D eigenvalue weighted by Crippen LogP contribution is -2.29. The predicted octanol–water partition coefficient (Wildman–Crippen LogP) is 1.79. The molecule has 0 saturated carbocycles. The van der Waals surface area contributed by atoms with Gasteiger partial charge in [0.15, 0.2) is 9.84 Å². The van der Waals surface area contributed by atoms with Gasteiger partial charge in [-0.05, 0) is 42.5 Å². The van der Waals surface area contributed by atoms with Crippen molar-refractivity contribution in [1.29, 1.82) is 0 Å². The molecule has 0 aliphatic rings. The van der Waals surface area contributed by atoms with Crippen LogP contribution in [-0.4, -0.2) is 40.8 Å². The van der Waals surface area contributed by atoms with Crippen LogP contribution < -0.4 is 10.0 Å². The summed E-state index contributed by atoms with van der Waals surface area (Å²) in [7, 11) is -7.19. The maximum absolute atomic E-state index is 12.9. The molecule has 146 valence electrons. The number of amides is 1. The number of nitrogens with one attached hydrogen (secondary N) is 2. The number of benzene rings is 2. The number of carbonyl (C=O) groups is 1. The Hall–Kier alpha value is -2.46. The first-order chi connectivity index (χ1) is 12.6. The molecule has 0 saturated heterocycles. The second-order valence-corrected chi connectivity index (χ2v) is 9.79. The Bertz CT molecular complexity index is 1020. The summed E-state index contributed by atoms with van der Waals surface area (Å²) in [5, 5.41) is 2.45. The first-order valence-corrected chi connectivity index (χ1v) is 11.3. The van der Waals surface area contributed by atoms with Gasteiger partial charge in [-0.1, -0.05) is 13.0 Å². The topological polar surface area (TPSA) is 109 Å². The van der Waals surface area contributed by atoms with E-state index >= 15 is 0 Å². The van der Waals surface area contributed by atoms with E-state index in [0.717, 1.165) is 12.1 Å². The van der Waals surface area contributed by atoms with Crippen molar-refractivity contribution in [2.45, 2.75) is 11.8 Å². The van der Waals surface area contributed by atoms with E-state index in [1.54, 1.807) is 0 Å². The Morgan fingerprint density at radius 3 is 2.33 bits per heavy atom. The van der Waals surface area contributed by atoms with Gasteiger partial charge in [-0.25, -0.2) is 21.2 Å². The van der Waals surface area contributed by atoms with Crippen LogP contribution in [-0.2, 0) is 19.9 Å². The average Bonchev–Trinajstić information content (AvgIpc) is 2.63. The van der Waals surface area contributed by atoms with Crippen LogP contribution in [0.15, 0.2) is 53.4 Å². The van der Waals surface area contributed by atoms with E-state index in [9.17, 15) is 26.0 Å². The molecule has 0 atom stereocenters. The molecule has 0 unspecified atom stereocenters. The molecular weight excluding hydrogens is 395 g/mol. The second kappa shape index (κ2) is 8.49. The molecular formula is C17H19FN2O5S2. The Balaban J connectivity index is 2.11. The molecule has 2 aromatic rings. The molecule has 2 aromatic carbocycles. The van der Waals surface area contributed by atoms with Crippen molar-refractivity contribution in [3.05, 3.63) is 59.9 Å². The van der Waals surface area contributed by atoms with E-state index < -0.39 is 31.6 Å². The van der Waals surface area contributed by atoms with Gasteiger partial charge in [-0.3, -0.25) is 9.52 Å². The standard InChI is InChI=1S/C17H19FN2O5S2/c1-2-26(22,23)11-10-19-17(21)13-4-3-5-16(12-13)27(24,25)20-15-8-6-14(18)7-9-15/h3-9,12,20H,2,10-11H2,1H3,(H,19,21). The molecule has 0 fully saturated rings. The fourth-order valence-corrected chi connectivity index (χ4v) is 3.91. The van der Waals surface area contributed by atoms with Crippen LogP contribution in [0.3, 0.4) is 0 Å². The number of hydrogen-bond donors (Lipinski definition) is 2. The van der Waals surface area contributed by atoms with Crippen LogP contribution in [0.25, 0.3) is 0 Å². The quantitative estimate of drug-likeness (QED) is 0.684. The normalized spacial score (nSPS) is 11.8. The number of hydrogen-bond acceptors (Lipinski definition) is 5. The van der Waals surface area contributed by atoms with Crippen LogP contribution in [0, 0.1) is 5.82 Å². The lowest BCUT2D eigenvalue weighted by Gasteiger charge is -2.10. The van der Waals surface area contributed by atoms with Gasteiger partial charge < -0.3 is 5.32 Å². The zero-order chi connectivity index (χ0) is 20.1. The highest BCUT2D eigenvalue weighted by Crippen LogP contribution is 2.17. The van der Waals surface area contributed by atoms with E-state index in [4.69, 9.17) is 0 Å². The van der Waals surface area contributed by atoms with Gasteiger partial charge in [0, 0.05) is 23.5 Å². The van der Waals surface area contributed by atoms with E-state index in [1.807, 2.05) is 0 Å². The zero-order valence-electron chi connectivity index (χ0n) is 14.5. The summed E-state index contributed by atoms with van der Waals surface area (Å²) in [5.74, 6) is -1.30. The molecule has 0 bridgehead atoms. The van der Waals surface area contributed by atoms with Crippen molar-refractivity contribution < 1.29 is 26.0 Å². The third kappa shape index (κ3) is 6.04. The molecule has 0 spiro atoms. The minimum absolute atomic E-state index is 0.0222. The molecule has 2 rings (SSSR count). The highest BCUT2D eigenvalue weighted by Gasteiger charge is 2.17. The Labute approximate surface area is 157 Å². The van der Waals surface area contributed by atoms with Crippen LogP contribution in [0.5, 0.6) is 0 Å². The summed E-state index contributed by atoms with van der Waals surface area (Å²) in [5.41, 5.74) is 0.252. The third-order valence-corrected chi connectivity index (χ3v) is 6.73. The molecule has 27 heavy (non-hydrogen) atoms. The fourth-order valence-electron chi connectivity index (χ4n) is 2.10. The largest absolute Gasteiger partial charge is 0.351 e. The van der Waals surface area contributed by atoms with Gasteiger partial charge in [0.05, 0.1) is 10.6 Å². The SMILES string of the molecule is CCS(=O)(=O)CCNC(=O)c1cccc(S(=O)(=O)Nc2ccc(F)cc2)c1. The summed E-state index contributed by atoms with van der Waals surface area (Å²) < 4.78 is 62.9. The third-order valence-electron chi connectivity index (χ3n) is 3.64. The van der Waals surface area contributed by atoms with Crippen molar-refractivity contribution in [3.63, 3.8) is 0 Å². The predicted molar refractivity (Wildman–Crippen MR) is 100 cm³/mol. The monoisotopic (exact) mass is 414 g/mol. The number of rotatable bonds is 8. The molecule has 7 nitrogen and oxygen atoms in total. The number of halogens is 1. The lowest BCUT2D eigenvalue weighted by molar-refractivity contribution is 0.0956. The van der Waals surface area contributed by atoms with Gasteiger partial charge in [0.25, 0.3) is 15.9 Å². The van der Waals surface area contributed by atoms with Crippen molar-refractivity contribution >= 4 is 31.5 Å². The van der Waals surface area contributed by atoms with Crippen molar-refractivity contribution in [2.75, 3.05) is 22.8 Å². The van der Waals surface area contributed by atoms with E-state index in [2.05, 4.69) is 10.0 Å². The molecule has 2 N–H and O–H groups in total. The van der Waals surface area contributed by atoms with Crippen LogP contribution in [0.2, 0.25) is 0 Å². The molecule has 0 radical (unpaired) electrons. The van der Waals surface area contributed by atoms with Gasteiger partial charge in [-0.15, -0.1) is 0 Å². The maximum atomic E-state index is 12.9. The summed E-state index contributed by atoms with van der Waals surface area (Å²) in [6.45, 7) is 1.44. The molecule has 0 aliphatic carbocycles. The van der Waals surface area contributed by atoms with Crippen LogP contribution in [0.1, 0.15) is 17.3 Å². The van der Waals surface area contributed by atoms with Gasteiger partial charge >= 0.3 is 0 Å². The number of anilines is 1. The summed E-state index contributed by atoms with van der Waals surface area (Å²) in [6, 6.07) is 10.1. The van der Waals surface area contributed by atoms with Gasteiger partial charge in [0.1, 0.15) is 5.82 Å². The Kier molecular flexibility index (Phi) is 6.55. The van der Waals surface area contributed by atoms with Gasteiger partial charge in [-0.2, -0.15) is 0 Å². The van der Waals surface area contributed by atoms with E-state index in [-0.39, 0.29) is 34.2 Å². The zero-order valence-corrected chi connectivity index (χ0v) is 16.1. The maximum Gasteiger partial charge on any atom is 0.261 e. The highest BCUT2D eigenvalue weighted by atomic mass is 32.2. The van der Waals surface area contributed by atoms with Crippen LogP contribution >= 0.6 is 0 Å². The number of sulfonamides is 1. The average molecular weight is 414 g/mol. The lowest BCUT2D eigenvalue weighted by atomic mass is 10.2. The summed E-state index contributed by atoms with van der Waals surface area (Å²) in [6.07, 6.45) is 0.